The van der Waals surface area contributed by atoms with Gasteiger partial charge >= 0.3 is 10.1 Å². The van der Waals surface area contributed by atoms with E-state index in [9.17, 15) is 8.42 Å². The fourth-order valence-electron chi connectivity index (χ4n) is 4.29. The lowest BCUT2D eigenvalue weighted by Gasteiger charge is -2.33. The minimum atomic E-state index is -3.61. The second kappa shape index (κ2) is 13.1. The molecule has 0 heterocycles. The Kier molecular flexibility index (Phi) is 11.2. The van der Waals surface area contributed by atoms with Crippen molar-refractivity contribution in [2.24, 2.45) is 0 Å². The smallest absolute Gasteiger partial charge is 0.306 e. The fraction of sp³-hybridized carbons (Fsp3) is 0.520. The van der Waals surface area contributed by atoms with Crippen LogP contribution in [0, 0.1) is 0 Å². The highest BCUT2D eigenvalue weighted by atomic mass is 35.7. The van der Waals surface area contributed by atoms with E-state index >= 15 is 0 Å². The number of rotatable bonds is 14. The van der Waals surface area contributed by atoms with E-state index in [-0.39, 0.29) is 0 Å². The summed E-state index contributed by atoms with van der Waals surface area (Å²) in [5, 5.41) is 3.31. The minimum absolute atomic E-state index is 0.317. The summed E-state index contributed by atoms with van der Waals surface area (Å²) >= 11 is 6.88. The monoisotopic (exact) mass is 512 g/mol. The quantitative estimate of drug-likeness (QED) is 0.161. The number of halogens is 1. The standard InChI is InChI=1S/C25H38ClO3PSSi/c1-5-8-19-32(20-9-6-2,21-10-7-3)23-17-15-22(16-18-23)30(26)25-14-12-11-13-24(25)29-31(4,27)28/h11-18H,5-10,19-21H2,1-4H3. The molecule has 0 fully saturated rings. The summed E-state index contributed by atoms with van der Waals surface area (Å²) < 4.78 is 28.5. The molecule has 0 aliphatic rings. The van der Waals surface area contributed by atoms with Crippen LogP contribution in [0.2, 0.25) is 18.1 Å². The fourth-order valence-corrected chi connectivity index (χ4v) is 12.4. The Morgan fingerprint density at radius 3 is 1.81 bits per heavy atom. The molecule has 178 valence electrons. The van der Waals surface area contributed by atoms with Gasteiger partial charge in [-0.1, -0.05) is 130 Å². The van der Waals surface area contributed by atoms with Crippen molar-refractivity contribution in [2.45, 2.75) is 77.4 Å². The molecule has 2 aromatic carbocycles. The Bertz CT molecular complexity index is 913. The topological polar surface area (TPSA) is 43.4 Å². The van der Waals surface area contributed by atoms with Crippen LogP contribution in [-0.4, -0.2) is 22.7 Å². The molecular weight excluding hydrogens is 475 g/mol. The zero-order valence-electron chi connectivity index (χ0n) is 19.9. The van der Waals surface area contributed by atoms with E-state index in [1.807, 2.05) is 12.1 Å². The van der Waals surface area contributed by atoms with Crippen LogP contribution >= 0.6 is 18.5 Å². The van der Waals surface area contributed by atoms with Crippen molar-refractivity contribution in [2.75, 3.05) is 6.26 Å². The lowest BCUT2D eigenvalue weighted by atomic mass is 10.3. The molecule has 7 heteroatoms. The second-order valence-corrected chi connectivity index (χ2v) is 17.5. The first kappa shape index (κ1) is 27.4. The average molecular weight is 513 g/mol. The highest BCUT2D eigenvalue weighted by Gasteiger charge is 2.33. The van der Waals surface area contributed by atoms with Gasteiger partial charge in [0.1, 0.15) is 0 Å². The molecule has 3 nitrogen and oxygen atoms in total. The Morgan fingerprint density at radius 1 is 0.844 bits per heavy atom. The van der Waals surface area contributed by atoms with Crippen molar-refractivity contribution in [3.63, 3.8) is 0 Å². The molecule has 0 saturated heterocycles. The molecule has 2 rings (SSSR count). The van der Waals surface area contributed by atoms with Gasteiger partial charge in [0.15, 0.2) is 5.75 Å². The predicted molar refractivity (Wildman–Crippen MR) is 145 cm³/mol. The van der Waals surface area contributed by atoms with E-state index in [2.05, 4.69) is 45.0 Å². The van der Waals surface area contributed by atoms with Crippen LogP contribution in [0.4, 0.5) is 0 Å². The number of hydrogen-bond donors (Lipinski definition) is 0. The van der Waals surface area contributed by atoms with Gasteiger partial charge in [-0.25, -0.2) is 0 Å². The van der Waals surface area contributed by atoms with Gasteiger partial charge in [-0.05, 0) is 17.4 Å². The van der Waals surface area contributed by atoms with Gasteiger partial charge in [0.2, 0.25) is 0 Å². The molecule has 0 N–H and O–H groups in total. The first-order valence-electron chi connectivity index (χ1n) is 11.8. The van der Waals surface area contributed by atoms with E-state index in [0.29, 0.717) is 5.75 Å². The Balaban J connectivity index is 2.37. The molecule has 0 aromatic heterocycles. The van der Waals surface area contributed by atoms with Gasteiger partial charge in [-0.2, -0.15) is 8.42 Å². The highest BCUT2D eigenvalue weighted by Crippen LogP contribution is 2.42. The summed E-state index contributed by atoms with van der Waals surface area (Å²) in [4.78, 5) is 0. The molecular formula is C25H38ClO3PSSi. The van der Waals surface area contributed by atoms with Crippen LogP contribution in [-0.2, 0) is 10.1 Å². The summed E-state index contributed by atoms with van der Waals surface area (Å²) in [5.41, 5.74) is 0. The Hall–Kier alpha value is -0.873. The molecule has 0 saturated carbocycles. The summed E-state index contributed by atoms with van der Waals surface area (Å²) in [6.45, 7) is 6.87. The third-order valence-corrected chi connectivity index (χ3v) is 14.7. The van der Waals surface area contributed by atoms with Crippen molar-refractivity contribution in [1.29, 1.82) is 0 Å². The maximum atomic E-state index is 11.7. The summed E-state index contributed by atoms with van der Waals surface area (Å²) in [6, 6.07) is 20.2. The number of benzene rings is 2. The van der Waals surface area contributed by atoms with Crippen LogP contribution in [0.15, 0.2) is 48.5 Å². The molecule has 32 heavy (non-hydrogen) atoms. The van der Waals surface area contributed by atoms with Crippen molar-refractivity contribution in [1.82, 2.24) is 0 Å². The summed E-state index contributed by atoms with van der Waals surface area (Å²) in [5.74, 6) is 0.317. The maximum Gasteiger partial charge on any atom is 0.306 e. The molecule has 0 aliphatic heterocycles. The van der Waals surface area contributed by atoms with Crippen molar-refractivity contribution < 1.29 is 12.6 Å². The third kappa shape index (κ3) is 7.87. The van der Waals surface area contributed by atoms with Gasteiger partial charge in [-0.3, -0.25) is 0 Å². The largest absolute Gasteiger partial charge is 0.382 e. The van der Waals surface area contributed by atoms with E-state index in [0.717, 1.165) is 16.9 Å². The van der Waals surface area contributed by atoms with Crippen LogP contribution in [0.25, 0.3) is 0 Å². The van der Waals surface area contributed by atoms with Gasteiger partial charge in [0.05, 0.1) is 21.6 Å². The number of hydrogen-bond acceptors (Lipinski definition) is 3. The summed E-state index contributed by atoms with van der Waals surface area (Å²) in [6.07, 6.45) is 8.71. The zero-order chi connectivity index (χ0) is 23.6. The van der Waals surface area contributed by atoms with Crippen molar-refractivity contribution in [3.05, 3.63) is 48.5 Å². The second-order valence-electron chi connectivity index (χ2n) is 8.67. The van der Waals surface area contributed by atoms with Gasteiger partial charge in [-0.15, -0.1) is 0 Å². The molecule has 0 aliphatic carbocycles. The average Bonchev–Trinajstić information content (AvgIpc) is 2.78. The van der Waals surface area contributed by atoms with Crippen LogP contribution in [0.3, 0.4) is 0 Å². The van der Waals surface area contributed by atoms with E-state index in [1.165, 1.54) is 56.7 Å². The Morgan fingerprint density at radius 2 is 1.34 bits per heavy atom. The molecule has 0 bridgehead atoms. The minimum Gasteiger partial charge on any atom is -0.382 e. The maximum absolute atomic E-state index is 11.7. The normalized spacial score (nSPS) is 13.2. The molecule has 0 amide bonds. The third-order valence-electron chi connectivity index (χ3n) is 6.05. The molecule has 2 aromatic rings. The zero-order valence-corrected chi connectivity index (χ0v) is 23.4. The van der Waals surface area contributed by atoms with E-state index in [1.54, 1.807) is 17.3 Å². The first-order valence-corrected chi connectivity index (χ1v) is 18.5. The molecule has 1 atom stereocenters. The van der Waals surface area contributed by atoms with Crippen molar-refractivity contribution in [3.8, 4) is 5.75 Å². The number of unbranched alkanes of at least 4 members (excludes halogenated alkanes) is 3. The molecule has 0 radical (unpaired) electrons. The lowest BCUT2D eigenvalue weighted by molar-refractivity contribution is 0.495. The summed E-state index contributed by atoms with van der Waals surface area (Å²) in [7, 11) is -6.39. The van der Waals surface area contributed by atoms with Crippen LogP contribution in [0.1, 0.15) is 59.3 Å². The van der Waals surface area contributed by atoms with E-state index in [4.69, 9.17) is 15.4 Å². The highest BCUT2D eigenvalue weighted by molar-refractivity contribution is 7.95. The van der Waals surface area contributed by atoms with Crippen LogP contribution in [0.5, 0.6) is 5.75 Å². The van der Waals surface area contributed by atoms with Crippen molar-refractivity contribution >= 4 is 52.5 Å². The van der Waals surface area contributed by atoms with Gasteiger partial charge < -0.3 is 4.18 Å². The lowest BCUT2D eigenvalue weighted by Crippen LogP contribution is -2.47. The number of para-hydroxylation sites is 1. The van der Waals surface area contributed by atoms with Gasteiger partial charge in [0, 0.05) is 5.30 Å². The molecule has 1 unspecified atom stereocenters. The molecule has 0 spiro atoms. The van der Waals surface area contributed by atoms with Crippen LogP contribution < -0.4 is 20.0 Å². The SMILES string of the molecule is CCCC[Si](CCCC)(CCCC)c1ccc(P(Cl)c2ccccc2OS(C)(=O)=O)cc1. The predicted octanol–water partition coefficient (Wildman–Crippen LogP) is 6.67. The van der Waals surface area contributed by atoms with E-state index < -0.39 is 25.5 Å². The van der Waals surface area contributed by atoms with Gasteiger partial charge in [0.25, 0.3) is 0 Å². The first-order chi connectivity index (χ1) is 15.3. The Labute approximate surface area is 202 Å².